The Morgan fingerprint density at radius 2 is 1.80 bits per heavy atom. The average molecular weight is 310 g/mol. The summed E-state index contributed by atoms with van der Waals surface area (Å²) in [6.45, 7) is 3.74. The topological polar surface area (TPSA) is 76.2 Å². The van der Waals surface area contributed by atoms with Crippen molar-refractivity contribution in [1.82, 2.24) is 9.97 Å². The summed E-state index contributed by atoms with van der Waals surface area (Å²) in [6, 6.07) is 6.90. The number of aryl methyl sites for hydroxylation is 2. The van der Waals surface area contributed by atoms with Gasteiger partial charge in [0.05, 0.1) is 10.7 Å². The van der Waals surface area contributed by atoms with Crippen molar-refractivity contribution in [2.24, 2.45) is 10.7 Å². The molecule has 1 aromatic heterocycles. The molecule has 104 valence electrons. The second kappa shape index (κ2) is 6.07. The fraction of sp³-hybridized carbons (Fsp3) is 0.154. The first-order valence-electron chi connectivity index (χ1n) is 5.82. The third kappa shape index (κ3) is 3.82. The highest BCUT2D eigenvalue weighted by Gasteiger charge is 2.04. The molecule has 0 unspecified atom stereocenters. The fourth-order valence-corrected chi connectivity index (χ4v) is 2.08. The van der Waals surface area contributed by atoms with E-state index in [0.717, 1.165) is 11.4 Å². The molecular weight excluding hydrogens is 297 g/mol. The van der Waals surface area contributed by atoms with Gasteiger partial charge in [-0.15, -0.1) is 0 Å². The summed E-state index contributed by atoms with van der Waals surface area (Å²) in [7, 11) is 0. The Kier molecular flexibility index (Phi) is 4.42. The SMILES string of the molecule is Cc1cc(C)nc(N=C(N)Nc2ccc(Cl)cc2Cl)n1. The van der Waals surface area contributed by atoms with Gasteiger partial charge in [0.2, 0.25) is 5.96 Å². The van der Waals surface area contributed by atoms with Crippen LogP contribution in [0.4, 0.5) is 11.6 Å². The molecule has 1 aromatic carbocycles. The minimum absolute atomic E-state index is 0.152. The van der Waals surface area contributed by atoms with Crippen LogP contribution in [-0.4, -0.2) is 15.9 Å². The van der Waals surface area contributed by atoms with Crippen LogP contribution >= 0.6 is 23.2 Å². The summed E-state index contributed by atoms with van der Waals surface area (Å²) in [5, 5.41) is 3.89. The van der Waals surface area contributed by atoms with Crippen molar-refractivity contribution in [2.45, 2.75) is 13.8 Å². The molecule has 0 saturated heterocycles. The maximum absolute atomic E-state index is 6.04. The van der Waals surface area contributed by atoms with Gasteiger partial charge in [0, 0.05) is 16.4 Å². The summed E-state index contributed by atoms with van der Waals surface area (Å²) in [6.07, 6.45) is 0. The number of hydrogen-bond acceptors (Lipinski definition) is 3. The molecule has 2 rings (SSSR count). The molecule has 0 saturated carbocycles. The van der Waals surface area contributed by atoms with E-state index in [9.17, 15) is 0 Å². The van der Waals surface area contributed by atoms with E-state index in [1.807, 2.05) is 19.9 Å². The molecule has 0 aliphatic heterocycles. The van der Waals surface area contributed by atoms with Gasteiger partial charge in [-0.2, -0.15) is 4.99 Å². The zero-order chi connectivity index (χ0) is 14.7. The Morgan fingerprint density at radius 1 is 1.15 bits per heavy atom. The molecule has 0 amide bonds. The quantitative estimate of drug-likeness (QED) is 0.658. The van der Waals surface area contributed by atoms with Crippen LogP contribution in [0.1, 0.15) is 11.4 Å². The van der Waals surface area contributed by atoms with Crippen molar-refractivity contribution in [3.8, 4) is 0 Å². The highest BCUT2D eigenvalue weighted by molar-refractivity contribution is 6.36. The van der Waals surface area contributed by atoms with E-state index in [2.05, 4.69) is 20.3 Å². The van der Waals surface area contributed by atoms with E-state index < -0.39 is 0 Å². The largest absolute Gasteiger partial charge is 0.369 e. The van der Waals surface area contributed by atoms with Crippen molar-refractivity contribution >= 4 is 40.8 Å². The lowest BCUT2D eigenvalue weighted by atomic mass is 10.3. The Labute approximate surface area is 126 Å². The van der Waals surface area contributed by atoms with Crippen LogP contribution in [0.15, 0.2) is 29.3 Å². The first-order valence-corrected chi connectivity index (χ1v) is 6.58. The van der Waals surface area contributed by atoms with Crippen molar-refractivity contribution in [2.75, 3.05) is 5.32 Å². The fourth-order valence-electron chi connectivity index (χ4n) is 1.62. The van der Waals surface area contributed by atoms with Crippen LogP contribution in [0, 0.1) is 13.8 Å². The number of nitrogens with one attached hydrogen (secondary N) is 1. The highest BCUT2D eigenvalue weighted by atomic mass is 35.5. The van der Waals surface area contributed by atoms with Crippen LogP contribution in [0.5, 0.6) is 0 Å². The minimum atomic E-state index is 0.152. The van der Waals surface area contributed by atoms with E-state index in [1.165, 1.54) is 0 Å². The number of anilines is 1. The Hall–Kier alpha value is -1.85. The normalized spacial score (nSPS) is 11.5. The number of guanidine groups is 1. The van der Waals surface area contributed by atoms with Crippen molar-refractivity contribution < 1.29 is 0 Å². The summed E-state index contributed by atoms with van der Waals surface area (Å²) in [5.41, 5.74) is 8.08. The van der Waals surface area contributed by atoms with Gasteiger partial charge in [-0.3, -0.25) is 0 Å². The lowest BCUT2D eigenvalue weighted by Crippen LogP contribution is -2.22. The minimum Gasteiger partial charge on any atom is -0.369 e. The third-order valence-electron chi connectivity index (χ3n) is 2.38. The van der Waals surface area contributed by atoms with Crippen LogP contribution in [-0.2, 0) is 0 Å². The van der Waals surface area contributed by atoms with E-state index in [0.29, 0.717) is 21.7 Å². The lowest BCUT2D eigenvalue weighted by molar-refractivity contribution is 1.04. The summed E-state index contributed by atoms with van der Waals surface area (Å²) in [4.78, 5) is 12.5. The second-order valence-corrected chi connectivity index (χ2v) is 5.04. The first kappa shape index (κ1) is 14.6. The lowest BCUT2D eigenvalue weighted by Gasteiger charge is -2.07. The van der Waals surface area contributed by atoms with Gasteiger partial charge in [0.15, 0.2) is 0 Å². The highest BCUT2D eigenvalue weighted by Crippen LogP contribution is 2.25. The molecule has 0 atom stereocenters. The number of aliphatic imine (C=N–C) groups is 1. The van der Waals surface area contributed by atoms with Gasteiger partial charge in [0.1, 0.15) is 0 Å². The number of hydrogen-bond donors (Lipinski definition) is 2. The molecule has 0 aliphatic rings. The number of halogens is 2. The molecular formula is C13H13Cl2N5. The van der Waals surface area contributed by atoms with Gasteiger partial charge in [-0.1, -0.05) is 23.2 Å². The van der Waals surface area contributed by atoms with E-state index >= 15 is 0 Å². The van der Waals surface area contributed by atoms with Gasteiger partial charge in [0.25, 0.3) is 5.95 Å². The second-order valence-electron chi connectivity index (χ2n) is 4.20. The number of nitrogens with zero attached hydrogens (tertiary/aromatic N) is 3. The summed E-state index contributed by atoms with van der Waals surface area (Å²) >= 11 is 11.9. The molecule has 7 heteroatoms. The molecule has 3 N–H and O–H groups in total. The van der Waals surface area contributed by atoms with E-state index in [-0.39, 0.29) is 5.96 Å². The number of rotatable bonds is 2. The van der Waals surface area contributed by atoms with Crippen LogP contribution in [0.2, 0.25) is 10.0 Å². The molecule has 0 spiro atoms. The molecule has 1 heterocycles. The van der Waals surface area contributed by atoms with Gasteiger partial charge >= 0.3 is 0 Å². The Morgan fingerprint density at radius 3 is 2.40 bits per heavy atom. The maximum atomic E-state index is 6.04. The van der Waals surface area contributed by atoms with E-state index in [4.69, 9.17) is 28.9 Å². The van der Waals surface area contributed by atoms with Crippen molar-refractivity contribution in [3.63, 3.8) is 0 Å². The van der Waals surface area contributed by atoms with Gasteiger partial charge in [-0.05, 0) is 38.1 Å². The molecule has 0 radical (unpaired) electrons. The number of nitrogens with two attached hydrogens (primary N) is 1. The van der Waals surface area contributed by atoms with Crippen LogP contribution < -0.4 is 11.1 Å². The molecule has 0 bridgehead atoms. The van der Waals surface area contributed by atoms with Crippen molar-refractivity contribution in [1.29, 1.82) is 0 Å². The zero-order valence-electron chi connectivity index (χ0n) is 11.0. The Balaban J connectivity index is 2.22. The molecule has 5 nitrogen and oxygen atoms in total. The monoisotopic (exact) mass is 309 g/mol. The third-order valence-corrected chi connectivity index (χ3v) is 2.93. The molecule has 2 aromatic rings. The standard InChI is InChI=1S/C13H13Cl2N5/c1-7-5-8(2)18-13(17-7)20-12(16)19-11-4-3-9(14)6-10(11)15/h3-6H,1-2H3,(H3,16,17,18,19,20). The number of benzene rings is 1. The maximum Gasteiger partial charge on any atom is 0.253 e. The molecule has 0 aliphatic carbocycles. The predicted molar refractivity (Wildman–Crippen MR) is 82.9 cm³/mol. The molecule has 0 fully saturated rings. The summed E-state index contributed by atoms with van der Waals surface area (Å²) in [5.74, 6) is 0.455. The average Bonchev–Trinajstić information content (AvgIpc) is 2.31. The predicted octanol–water partition coefficient (Wildman–Crippen LogP) is 3.46. The first-order chi connectivity index (χ1) is 9.44. The van der Waals surface area contributed by atoms with Gasteiger partial charge in [-0.25, -0.2) is 9.97 Å². The smallest absolute Gasteiger partial charge is 0.253 e. The molecule has 20 heavy (non-hydrogen) atoms. The van der Waals surface area contributed by atoms with E-state index in [1.54, 1.807) is 18.2 Å². The van der Waals surface area contributed by atoms with Gasteiger partial charge < -0.3 is 11.1 Å². The van der Waals surface area contributed by atoms with Crippen molar-refractivity contribution in [3.05, 3.63) is 45.7 Å². The van der Waals surface area contributed by atoms with Crippen LogP contribution in [0.25, 0.3) is 0 Å². The summed E-state index contributed by atoms with van der Waals surface area (Å²) < 4.78 is 0. The number of aromatic nitrogens is 2. The zero-order valence-corrected chi connectivity index (χ0v) is 12.5. The van der Waals surface area contributed by atoms with Crippen LogP contribution in [0.3, 0.4) is 0 Å². The Bertz CT molecular complexity index is 650.